The molecular weight excluding hydrogens is 198 g/mol. The number of hydrogen-bond donors (Lipinski definition) is 2. The molecule has 0 atom stereocenters. The number of rotatable bonds is 5. The van der Waals surface area contributed by atoms with Crippen molar-refractivity contribution in [3.8, 4) is 0 Å². The lowest BCUT2D eigenvalue weighted by Gasteiger charge is -2.19. The number of aliphatic hydroxyl groups is 1. The van der Waals surface area contributed by atoms with E-state index in [9.17, 15) is 5.11 Å². The predicted octanol–water partition coefficient (Wildman–Crippen LogP) is 3.38. The summed E-state index contributed by atoms with van der Waals surface area (Å²) in [5, 5.41) is 13.0. The van der Waals surface area contributed by atoms with Gasteiger partial charge in [0, 0.05) is 12.2 Å². The largest absolute Gasteiger partial charge is 0.390 e. The molecule has 90 valence electrons. The van der Waals surface area contributed by atoms with Crippen molar-refractivity contribution in [2.24, 2.45) is 0 Å². The molecule has 0 radical (unpaired) electrons. The summed E-state index contributed by atoms with van der Waals surface area (Å²) in [6.45, 7) is 8.85. The summed E-state index contributed by atoms with van der Waals surface area (Å²) in [6.07, 6.45) is 0.749. The number of anilines is 1. The van der Waals surface area contributed by atoms with Crippen LogP contribution in [0.4, 0.5) is 5.69 Å². The molecule has 1 aromatic carbocycles. The van der Waals surface area contributed by atoms with Crippen LogP contribution in [-0.4, -0.2) is 17.3 Å². The minimum absolute atomic E-state index is 0.519. The van der Waals surface area contributed by atoms with Crippen LogP contribution in [0.2, 0.25) is 0 Å². The Balaban J connectivity index is 2.60. The minimum Gasteiger partial charge on any atom is -0.390 e. The van der Waals surface area contributed by atoms with Crippen LogP contribution in [0, 0.1) is 0 Å². The molecule has 0 aliphatic heterocycles. The Hall–Kier alpha value is -1.02. The Morgan fingerprint density at radius 3 is 2.44 bits per heavy atom. The first-order valence-corrected chi connectivity index (χ1v) is 5.95. The molecule has 0 heterocycles. The predicted molar refractivity (Wildman–Crippen MR) is 69.9 cm³/mol. The fraction of sp³-hybridized carbons (Fsp3) is 0.571. The van der Waals surface area contributed by atoms with Crippen LogP contribution in [0.3, 0.4) is 0 Å². The van der Waals surface area contributed by atoms with Gasteiger partial charge in [0.05, 0.1) is 5.60 Å². The second-order valence-electron chi connectivity index (χ2n) is 5.23. The van der Waals surface area contributed by atoms with Crippen LogP contribution < -0.4 is 5.32 Å². The van der Waals surface area contributed by atoms with E-state index in [4.69, 9.17) is 0 Å². The number of para-hydroxylation sites is 1. The molecule has 0 saturated carbocycles. The van der Waals surface area contributed by atoms with Crippen molar-refractivity contribution in [1.82, 2.24) is 0 Å². The van der Waals surface area contributed by atoms with Crippen molar-refractivity contribution >= 4 is 5.69 Å². The molecular formula is C14H23NO. The highest BCUT2D eigenvalue weighted by Crippen LogP contribution is 2.23. The molecule has 2 N–H and O–H groups in total. The molecule has 2 nitrogen and oxygen atoms in total. The van der Waals surface area contributed by atoms with E-state index in [1.54, 1.807) is 0 Å². The number of nitrogens with one attached hydrogen (secondary N) is 1. The van der Waals surface area contributed by atoms with E-state index in [0.717, 1.165) is 13.0 Å². The SMILES string of the molecule is CC(C)c1ccccc1NCCC(C)(C)O. The van der Waals surface area contributed by atoms with E-state index >= 15 is 0 Å². The summed E-state index contributed by atoms with van der Waals surface area (Å²) >= 11 is 0. The Kier molecular flexibility index (Phi) is 4.36. The van der Waals surface area contributed by atoms with Crippen LogP contribution in [0.25, 0.3) is 0 Å². The topological polar surface area (TPSA) is 32.3 Å². The van der Waals surface area contributed by atoms with E-state index in [2.05, 4.69) is 37.4 Å². The third kappa shape index (κ3) is 4.23. The van der Waals surface area contributed by atoms with Crippen LogP contribution in [0.1, 0.15) is 45.6 Å². The van der Waals surface area contributed by atoms with Crippen LogP contribution in [0.15, 0.2) is 24.3 Å². The first-order valence-electron chi connectivity index (χ1n) is 5.95. The van der Waals surface area contributed by atoms with Gasteiger partial charge in [0.1, 0.15) is 0 Å². The number of hydrogen-bond acceptors (Lipinski definition) is 2. The van der Waals surface area contributed by atoms with Gasteiger partial charge in [-0.25, -0.2) is 0 Å². The Labute approximate surface area is 98.7 Å². The van der Waals surface area contributed by atoms with Gasteiger partial charge >= 0.3 is 0 Å². The molecule has 0 aromatic heterocycles. The highest BCUT2D eigenvalue weighted by molar-refractivity contribution is 5.52. The van der Waals surface area contributed by atoms with Crippen LogP contribution in [0.5, 0.6) is 0 Å². The monoisotopic (exact) mass is 221 g/mol. The third-order valence-corrected chi connectivity index (χ3v) is 2.64. The molecule has 0 bridgehead atoms. The lowest BCUT2D eigenvalue weighted by atomic mass is 10.0. The van der Waals surface area contributed by atoms with Gasteiger partial charge in [0.25, 0.3) is 0 Å². The van der Waals surface area contributed by atoms with E-state index in [-0.39, 0.29) is 0 Å². The van der Waals surface area contributed by atoms with E-state index < -0.39 is 5.60 Å². The van der Waals surface area contributed by atoms with Crippen molar-refractivity contribution in [3.63, 3.8) is 0 Å². The summed E-state index contributed by atoms with van der Waals surface area (Å²) < 4.78 is 0. The van der Waals surface area contributed by atoms with Gasteiger partial charge in [0.15, 0.2) is 0 Å². The Bertz CT molecular complexity index is 326. The van der Waals surface area contributed by atoms with Gasteiger partial charge in [-0.3, -0.25) is 0 Å². The Morgan fingerprint density at radius 2 is 1.88 bits per heavy atom. The zero-order valence-corrected chi connectivity index (χ0v) is 10.7. The molecule has 0 aliphatic rings. The molecule has 0 spiro atoms. The van der Waals surface area contributed by atoms with Gasteiger partial charge in [-0.05, 0) is 37.8 Å². The van der Waals surface area contributed by atoms with Crippen molar-refractivity contribution in [3.05, 3.63) is 29.8 Å². The zero-order valence-electron chi connectivity index (χ0n) is 10.7. The lowest BCUT2D eigenvalue weighted by Crippen LogP contribution is -2.22. The average molecular weight is 221 g/mol. The van der Waals surface area contributed by atoms with Crippen molar-refractivity contribution < 1.29 is 5.11 Å². The van der Waals surface area contributed by atoms with Gasteiger partial charge in [-0.1, -0.05) is 32.0 Å². The van der Waals surface area contributed by atoms with Gasteiger partial charge in [-0.15, -0.1) is 0 Å². The summed E-state index contributed by atoms with van der Waals surface area (Å²) in [5.41, 5.74) is 1.92. The molecule has 0 aliphatic carbocycles. The van der Waals surface area contributed by atoms with E-state index in [1.165, 1.54) is 11.3 Å². The van der Waals surface area contributed by atoms with Gasteiger partial charge < -0.3 is 10.4 Å². The maximum atomic E-state index is 9.63. The molecule has 1 rings (SSSR count). The second-order valence-corrected chi connectivity index (χ2v) is 5.23. The summed E-state index contributed by atoms with van der Waals surface area (Å²) in [4.78, 5) is 0. The molecule has 0 fully saturated rings. The zero-order chi connectivity index (χ0) is 12.2. The van der Waals surface area contributed by atoms with Gasteiger partial charge in [0.2, 0.25) is 0 Å². The first-order chi connectivity index (χ1) is 7.40. The van der Waals surface area contributed by atoms with E-state index in [1.807, 2.05) is 19.9 Å². The molecule has 0 unspecified atom stereocenters. The van der Waals surface area contributed by atoms with Crippen molar-refractivity contribution in [2.45, 2.75) is 45.6 Å². The molecule has 16 heavy (non-hydrogen) atoms. The standard InChI is InChI=1S/C14H23NO/c1-11(2)12-7-5-6-8-13(12)15-10-9-14(3,4)16/h5-8,11,15-16H,9-10H2,1-4H3. The molecule has 1 aromatic rings. The average Bonchev–Trinajstić information content (AvgIpc) is 2.16. The second kappa shape index (κ2) is 5.35. The summed E-state index contributed by atoms with van der Waals surface area (Å²) in [6, 6.07) is 8.35. The van der Waals surface area contributed by atoms with Crippen LogP contribution in [-0.2, 0) is 0 Å². The summed E-state index contributed by atoms with van der Waals surface area (Å²) in [5.74, 6) is 0.519. The van der Waals surface area contributed by atoms with Crippen molar-refractivity contribution in [2.75, 3.05) is 11.9 Å². The smallest absolute Gasteiger partial charge is 0.0608 e. The molecule has 0 amide bonds. The van der Waals surface area contributed by atoms with Crippen molar-refractivity contribution in [1.29, 1.82) is 0 Å². The third-order valence-electron chi connectivity index (χ3n) is 2.64. The fourth-order valence-electron chi connectivity index (χ4n) is 1.66. The highest BCUT2D eigenvalue weighted by Gasteiger charge is 2.12. The minimum atomic E-state index is -0.597. The number of benzene rings is 1. The normalized spacial score (nSPS) is 11.9. The van der Waals surface area contributed by atoms with Gasteiger partial charge in [-0.2, -0.15) is 0 Å². The lowest BCUT2D eigenvalue weighted by molar-refractivity contribution is 0.0749. The molecule has 2 heteroatoms. The van der Waals surface area contributed by atoms with Crippen LogP contribution >= 0.6 is 0 Å². The summed E-state index contributed by atoms with van der Waals surface area (Å²) in [7, 11) is 0. The quantitative estimate of drug-likeness (QED) is 0.799. The highest BCUT2D eigenvalue weighted by atomic mass is 16.3. The fourth-order valence-corrected chi connectivity index (χ4v) is 1.66. The first kappa shape index (κ1) is 13.0. The maximum absolute atomic E-state index is 9.63. The maximum Gasteiger partial charge on any atom is 0.0608 e. The molecule has 0 saturated heterocycles. The Morgan fingerprint density at radius 1 is 1.25 bits per heavy atom. The van der Waals surface area contributed by atoms with E-state index in [0.29, 0.717) is 5.92 Å².